The van der Waals surface area contributed by atoms with Gasteiger partial charge in [0, 0.05) is 26.2 Å². The van der Waals surface area contributed by atoms with Gasteiger partial charge in [-0.25, -0.2) is 18.0 Å². The van der Waals surface area contributed by atoms with Crippen LogP contribution in [0.4, 0.5) is 13.9 Å². The molecule has 0 radical (unpaired) electrons. The fourth-order valence-corrected chi connectivity index (χ4v) is 6.16. The average Bonchev–Trinajstić information content (AvgIpc) is 3.10. The molecule has 1 amide bonds. The minimum atomic E-state index is -2.11. The Bertz CT molecular complexity index is 1000. The van der Waals surface area contributed by atoms with Crippen molar-refractivity contribution >= 4 is 33.5 Å². The number of halogens is 2. The number of carbonyl (C=O) groups is 1. The number of rotatable bonds is 5. The van der Waals surface area contributed by atoms with Crippen LogP contribution < -0.4 is 4.90 Å². The molecule has 1 saturated carbocycles. The smallest absolute Gasteiger partial charge is 0.234 e. The Balaban J connectivity index is 1.29. The van der Waals surface area contributed by atoms with Gasteiger partial charge in [0.25, 0.3) is 0 Å². The molecule has 31 heavy (non-hydrogen) atoms. The van der Waals surface area contributed by atoms with E-state index in [9.17, 15) is 22.3 Å². The zero-order valence-corrected chi connectivity index (χ0v) is 19.0. The predicted molar refractivity (Wildman–Crippen MR) is 116 cm³/mol. The van der Waals surface area contributed by atoms with Crippen LogP contribution in [-0.2, 0) is 15.9 Å². The zero-order valence-electron chi connectivity index (χ0n) is 17.4. The summed E-state index contributed by atoms with van der Waals surface area (Å²) in [4.78, 5) is 20.8. The number of nitrogens with zero attached hydrogens (tertiary/aromatic N) is 3. The van der Waals surface area contributed by atoms with Gasteiger partial charge in [-0.15, -0.1) is 0 Å². The number of amides is 1. The van der Waals surface area contributed by atoms with E-state index in [-0.39, 0.29) is 27.8 Å². The summed E-state index contributed by atoms with van der Waals surface area (Å²) in [5.74, 6) is -0.879. The average molecular weight is 470 g/mol. The van der Waals surface area contributed by atoms with E-state index in [4.69, 9.17) is 0 Å². The van der Waals surface area contributed by atoms with Crippen molar-refractivity contribution in [3.8, 4) is 0 Å². The zero-order chi connectivity index (χ0) is 22.3. The largest absolute Gasteiger partial charge is 0.302 e. The molecule has 1 atom stereocenters. The number of aryl methyl sites for hydroxylation is 1. The van der Waals surface area contributed by atoms with Crippen LogP contribution in [0, 0.1) is 24.5 Å². The number of hydrogen-bond donors (Lipinski definition) is 1. The lowest BCUT2D eigenvalue weighted by atomic mass is 9.79. The molecule has 4 rings (SSSR count). The SMILES string of the molecule is Cc1nc(N(C)C(=O)C2CN(C3CCC(c4cc(F)ccc4F)CC3)C2)sc1S(=O)O. The van der Waals surface area contributed by atoms with Crippen LogP contribution in [0.25, 0.3) is 0 Å². The highest BCUT2D eigenvalue weighted by Gasteiger charge is 2.40. The van der Waals surface area contributed by atoms with Crippen LogP contribution in [0.2, 0.25) is 0 Å². The molecule has 2 aliphatic rings. The minimum Gasteiger partial charge on any atom is -0.302 e. The van der Waals surface area contributed by atoms with Crippen molar-refractivity contribution in [2.45, 2.75) is 48.8 Å². The van der Waals surface area contributed by atoms with Gasteiger partial charge >= 0.3 is 0 Å². The molecule has 0 spiro atoms. The van der Waals surface area contributed by atoms with Gasteiger partial charge in [-0.3, -0.25) is 14.6 Å². The van der Waals surface area contributed by atoms with Gasteiger partial charge < -0.3 is 4.55 Å². The van der Waals surface area contributed by atoms with Crippen LogP contribution >= 0.6 is 11.3 Å². The fraction of sp³-hybridized carbons (Fsp3) is 0.524. The highest BCUT2D eigenvalue weighted by Crippen LogP contribution is 2.38. The molecular formula is C21H25F2N3O3S2. The maximum Gasteiger partial charge on any atom is 0.234 e. The van der Waals surface area contributed by atoms with Crippen LogP contribution in [0.1, 0.15) is 42.9 Å². The molecule has 2 aromatic rings. The van der Waals surface area contributed by atoms with Crippen molar-refractivity contribution < 1.29 is 22.3 Å². The Morgan fingerprint density at radius 2 is 1.94 bits per heavy atom. The van der Waals surface area contributed by atoms with Crippen LogP contribution in [-0.4, -0.2) is 50.7 Å². The van der Waals surface area contributed by atoms with Gasteiger partial charge in [-0.2, -0.15) is 0 Å². The molecule has 10 heteroatoms. The third-order valence-electron chi connectivity index (χ3n) is 6.39. The van der Waals surface area contributed by atoms with Crippen LogP contribution in [0.3, 0.4) is 0 Å². The molecule has 1 aromatic heterocycles. The van der Waals surface area contributed by atoms with Gasteiger partial charge in [0.2, 0.25) is 5.91 Å². The Morgan fingerprint density at radius 1 is 1.26 bits per heavy atom. The Morgan fingerprint density at radius 3 is 2.55 bits per heavy atom. The molecule has 0 bridgehead atoms. The molecular weight excluding hydrogens is 444 g/mol. The molecule has 1 N–H and O–H groups in total. The molecule has 2 fully saturated rings. The number of hydrogen-bond acceptors (Lipinski definition) is 5. The van der Waals surface area contributed by atoms with E-state index >= 15 is 0 Å². The second kappa shape index (κ2) is 9.01. The molecule has 1 aromatic carbocycles. The van der Waals surface area contributed by atoms with Crippen LogP contribution in [0.15, 0.2) is 22.4 Å². The number of carbonyl (C=O) groups excluding carboxylic acids is 1. The summed E-state index contributed by atoms with van der Waals surface area (Å²) in [6.45, 7) is 2.98. The van der Waals surface area contributed by atoms with E-state index in [1.165, 1.54) is 17.0 Å². The highest BCUT2D eigenvalue weighted by atomic mass is 32.2. The lowest BCUT2D eigenvalue weighted by Crippen LogP contribution is -2.57. The fourth-order valence-electron chi connectivity index (χ4n) is 4.59. The summed E-state index contributed by atoms with van der Waals surface area (Å²) < 4.78 is 48.4. The minimum absolute atomic E-state index is 0.0382. The number of anilines is 1. The summed E-state index contributed by atoms with van der Waals surface area (Å²) in [5, 5.41) is 0.427. The molecule has 2 heterocycles. The molecule has 1 aliphatic carbocycles. The monoisotopic (exact) mass is 469 g/mol. The third-order valence-corrected chi connectivity index (χ3v) is 8.71. The Labute approximate surface area is 186 Å². The summed E-state index contributed by atoms with van der Waals surface area (Å²) in [6, 6.07) is 4.01. The number of thiazole rings is 1. The van der Waals surface area contributed by atoms with Gasteiger partial charge in [-0.1, -0.05) is 11.3 Å². The van der Waals surface area contributed by atoms with Gasteiger partial charge in [0.05, 0.1) is 11.6 Å². The molecule has 1 saturated heterocycles. The normalized spacial score (nSPS) is 23.4. The summed E-state index contributed by atoms with van der Waals surface area (Å²) in [7, 11) is 1.64. The van der Waals surface area contributed by atoms with Gasteiger partial charge in [-0.05, 0) is 62.3 Å². The molecule has 168 valence electrons. The first-order valence-corrected chi connectivity index (χ1v) is 12.2. The van der Waals surface area contributed by atoms with E-state index in [0.29, 0.717) is 35.5 Å². The highest BCUT2D eigenvalue weighted by molar-refractivity contribution is 7.82. The number of benzene rings is 1. The van der Waals surface area contributed by atoms with E-state index in [2.05, 4.69) is 9.88 Å². The second-order valence-corrected chi connectivity index (χ2v) is 10.5. The Hall–Kier alpha value is -1.75. The first kappa shape index (κ1) is 22.4. The third kappa shape index (κ3) is 4.57. The maximum absolute atomic E-state index is 14.1. The summed E-state index contributed by atoms with van der Waals surface area (Å²) >= 11 is -1.05. The van der Waals surface area contributed by atoms with E-state index in [1.54, 1.807) is 14.0 Å². The summed E-state index contributed by atoms with van der Waals surface area (Å²) in [6.07, 6.45) is 3.41. The quantitative estimate of drug-likeness (QED) is 0.672. The van der Waals surface area contributed by atoms with E-state index in [1.807, 2.05) is 0 Å². The first-order chi connectivity index (χ1) is 14.7. The van der Waals surface area contributed by atoms with Crippen molar-refractivity contribution in [2.75, 3.05) is 25.0 Å². The summed E-state index contributed by atoms with van der Waals surface area (Å²) in [5.41, 5.74) is 0.931. The van der Waals surface area contributed by atoms with Crippen molar-refractivity contribution in [1.29, 1.82) is 0 Å². The van der Waals surface area contributed by atoms with Crippen molar-refractivity contribution in [3.05, 3.63) is 41.1 Å². The lowest BCUT2D eigenvalue weighted by molar-refractivity contribution is -0.128. The van der Waals surface area contributed by atoms with E-state index < -0.39 is 16.9 Å². The molecule has 1 unspecified atom stereocenters. The number of aromatic nitrogens is 1. The Kier molecular flexibility index (Phi) is 6.52. The van der Waals surface area contributed by atoms with Crippen molar-refractivity contribution in [2.24, 2.45) is 5.92 Å². The van der Waals surface area contributed by atoms with Crippen LogP contribution in [0.5, 0.6) is 0 Å². The molecule has 1 aliphatic heterocycles. The van der Waals surface area contributed by atoms with Crippen molar-refractivity contribution in [3.63, 3.8) is 0 Å². The molecule has 6 nitrogen and oxygen atoms in total. The van der Waals surface area contributed by atoms with Gasteiger partial charge in [0.1, 0.15) is 15.8 Å². The first-order valence-electron chi connectivity index (χ1n) is 10.3. The lowest BCUT2D eigenvalue weighted by Gasteiger charge is -2.46. The predicted octanol–water partition coefficient (Wildman–Crippen LogP) is 3.93. The van der Waals surface area contributed by atoms with Crippen molar-refractivity contribution in [1.82, 2.24) is 9.88 Å². The number of likely N-dealkylation sites (tertiary alicyclic amines) is 1. The van der Waals surface area contributed by atoms with Gasteiger partial charge in [0.15, 0.2) is 16.2 Å². The topological polar surface area (TPSA) is 73.7 Å². The second-order valence-electron chi connectivity index (χ2n) is 8.34. The maximum atomic E-state index is 14.1. The van der Waals surface area contributed by atoms with E-state index in [0.717, 1.165) is 43.1 Å². The standard InChI is InChI=1S/C21H25F2N3O3S2/c1-12-20(31(28)29)30-21(24-12)25(2)19(27)14-10-26(11-14)16-6-3-13(4-7-16)17-9-15(22)5-8-18(17)23/h5,8-9,13-14,16H,3-4,6-7,10-11H2,1-2H3,(H,28,29).